The zero-order valence-electron chi connectivity index (χ0n) is 16.7. The second-order valence-corrected chi connectivity index (χ2v) is 10.3. The first-order chi connectivity index (χ1) is 14.9. The van der Waals surface area contributed by atoms with Crippen molar-refractivity contribution in [2.75, 3.05) is 18.5 Å². The average molecular weight is 552 g/mol. The molecule has 7 nitrogen and oxygen atoms in total. The SMILES string of the molecule is CSCOC(=O)Cn1nc(C(F)(F)F)c(Br)c1-c1ccc(-c2cccc(S(C)(=O)=O)c2)[nH]1. The van der Waals surface area contributed by atoms with Crippen LogP contribution < -0.4 is 0 Å². The first-order valence-corrected chi connectivity index (χ1v) is 13.0. The number of aromatic amines is 1. The maximum atomic E-state index is 13.4. The molecule has 0 saturated heterocycles. The van der Waals surface area contributed by atoms with Crippen LogP contribution in [0.3, 0.4) is 0 Å². The number of benzene rings is 1. The molecule has 32 heavy (non-hydrogen) atoms. The Labute approximate surface area is 194 Å². The summed E-state index contributed by atoms with van der Waals surface area (Å²) in [5, 5.41) is 3.57. The van der Waals surface area contributed by atoms with Gasteiger partial charge in [0.2, 0.25) is 0 Å². The number of thioether (sulfide) groups is 1. The number of ether oxygens (including phenoxy) is 1. The van der Waals surface area contributed by atoms with E-state index >= 15 is 0 Å². The van der Waals surface area contributed by atoms with Gasteiger partial charge in [0.1, 0.15) is 12.5 Å². The second-order valence-electron chi connectivity index (χ2n) is 6.68. The van der Waals surface area contributed by atoms with Crippen molar-refractivity contribution in [2.24, 2.45) is 0 Å². The molecule has 0 aliphatic rings. The van der Waals surface area contributed by atoms with Crippen LogP contribution in [0.5, 0.6) is 0 Å². The number of hydrogen-bond donors (Lipinski definition) is 1. The molecule has 1 aromatic carbocycles. The van der Waals surface area contributed by atoms with Gasteiger partial charge in [0, 0.05) is 11.9 Å². The minimum Gasteiger partial charge on any atom is -0.453 e. The van der Waals surface area contributed by atoms with E-state index in [0.717, 1.165) is 10.9 Å². The van der Waals surface area contributed by atoms with Gasteiger partial charge in [0.05, 0.1) is 20.8 Å². The van der Waals surface area contributed by atoms with Gasteiger partial charge in [-0.15, -0.1) is 11.8 Å². The molecule has 0 bridgehead atoms. The van der Waals surface area contributed by atoms with Gasteiger partial charge in [0.15, 0.2) is 15.5 Å². The Morgan fingerprint density at radius 3 is 2.56 bits per heavy atom. The van der Waals surface area contributed by atoms with Crippen molar-refractivity contribution < 1.29 is 31.1 Å². The molecule has 0 radical (unpaired) electrons. The quantitative estimate of drug-likeness (QED) is 0.341. The molecule has 13 heteroatoms. The number of aromatic nitrogens is 3. The highest BCUT2D eigenvalue weighted by atomic mass is 79.9. The minimum absolute atomic E-state index is 0.00365. The molecule has 0 fully saturated rings. The summed E-state index contributed by atoms with van der Waals surface area (Å²) in [5.41, 5.74) is 0.0714. The Bertz CT molecular complexity index is 1250. The van der Waals surface area contributed by atoms with Gasteiger partial charge in [-0.3, -0.25) is 9.48 Å². The van der Waals surface area contributed by atoms with Gasteiger partial charge in [-0.05, 0) is 52.0 Å². The highest BCUT2D eigenvalue weighted by molar-refractivity contribution is 9.10. The molecule has 0 atom stereocenters. The number of H-pyrrole nitrogens is 1. The summed E-state index contributed by atoms with van der Waals surface area (Å²) >= 11 is 4.21. The largest absolute Gasteiger partial charge is 0.453 e. The predicted molar refractivity (Wildman–Crippen MR) is 118 cm³/mol. The van der Waals surface area contributed by atoms with Crippen molar-refractivity contribution >= 4 is 43.5 Å². The van der Waals surface area contributed by atoms with Gasteiger partial charge in [-0.1, -0.05) is 12.1 Å². The topological polar surface area (TPSA) is 94.1 Å². The van der Waals surface area contributed by atoms with Gasteiger partial charge < -0.3 is 9.72 Å². The molecule has 3 rings (SSSR count). The fourth-order valence-corrected chi connectivity index (χ4v) is 4.52. The predicted octanol–water partition coefficient (Wildman–Crippen LogP) is 4.59. The van der Waals surface area contributed by atoms with E-state index in [2.05, 4.69) is 26.0 Å². The number of hydrogen-bond acceptors (Lipinski definition) is 6. The summed E-state index contributed by atoms with van der Waals surface area (Å²) in [6, 6.07) is 9.25. The van der Waals surface area contributed by atoms with Gasteiger partial charge in [-0.2, -0.15) is 18.3 Å². The highest BCUT2D eigenvalue weighted by Gasteiger charge is 2.39. The lowest BCUT2D eigenvalue weighted by atomic mass is 10.2. The van der Waals surface area contributed by atoms with Crippen molar-refractivity contribution in [2.45, 2.75) is 17.6 Å². The summed E-state index contributed by atoms with van der Waals surface area (Å²) in [4.78, 5) is 15.1. The third-order valence-electron chi connectivity index (χ3n) is 4.29. The molecule has 1 N–H and O–H groups in total. The van der Waals surface area contributed by atoms with Crippen molar-refractivity contribution in [3.05, 3.63) is 46.6 Å². The number of rotatable bonds is 7. The van der Waals surface area contributed by atoms with Crippen LogP contribution in [-0.2, 0) is 32.1 Å². The third-order valence-corrected chi connectivity index (χ3v) is 6.51. The Hall–Kier alpha value is -2.25. The number of carbonyl (C=O) groups is 1. The zero-order valence-corrected chi connectivity index (χ0v) is 20.0. The molecule has 2 heterocycles. The summed E-state index contributed by atoms with van der Waals surface area (Å²) in [5.74, 6) is -0.677. The van der Waals surface area contributed by atoms with E-state index in [-0.39, 0.29) is 26.7 Å². The van der Waals surface area contributed by atoms with Crippen LogP contribution >= 0.6 is 27.7 Å². The first kappa shape index (κ1) is 24.4. The maximum absolute atomic E-state index is 13.4. The van der Waals surface area contributed by atoms with Crippen LogP contribution in [0, 0.1) is 0 Å². The van der Waals surface area contributed by atoms with Crippen LogP contribution in [0.4, 0.5) is 13.2 Å². The average Bonchev–Trinajstić information content (AvgIpc) is 3.30. The molecule has 0 unspecified atom stereocenters. The van der Waals surface area contributed by atoms with Crippen molar-refractivity contribution in [3.8, 4) is 22.6 Å². The van der Waals surface area contributed by atoms with Crippen LogP contribution in [0.2, 0.25) is 0 Å². The van der Waals surface area contributed by atoms with E-state index in [1.165, 1.54) is 30.0 Å². The molecule has 0 saturated carbocycles. The first-order valence-electron chi connectivity index (χ1n) is 8.89. The van der Waals surface area contributed by atoms with Gasteiger partial charge >= 0.3 is 12.1 Å². The number of halogens is 4. The Balaban J connectivity index is 2.05. The fraction of sp³-hybridized carbons (Fsp3) is 0.263. The van der Waals surface area contributed by atoms with Crippen molar-refractivity contribution in [1.82, 2.24) is 14.8 Å². The molecule has 2 aromatic heterocycles. The number of esters is 1. The monoisotopic (exact) mass is 551 g/mol. The zero-order chi connectivity index (χ0) is 23.7. The summed E-state index contributed by atoms with van der Waals surface area (Å²) in [6.45, 7) is -0.525. The van der Waals surface area contributed by atoms with E-state index in [1.807, 2.05) is 0 Å². The van der Waals surface area contributed by atoms with Gasteiger partial charge in [0.25, 0.3) is 0 Å². The Kier molecular flexibility index (Phi) is 7.10. The third kappa shape index (κ3) is 5.38. The van der Waals surface area contributed by atoms with Crippen LogP contribution in [0.1, 0.15) is 5.69 Å². The molecule has 3 aromatic rings. The maximum Gasteiger partial charge on any atom is 0.436 e. The number of nitrogens with one attached hydrogen (secondary N) is 1. The van der Waals surface area contributed by atoms with Crippen LogP contribution in [0.15, 0.2) is 45.8 Å². The molecular weight excluding hydrogens is 535 g/mol. The lowest BCUT2D eigenvalue weighted by Gasteiger charge is -2.07. The summed E-state index contributed by atoms with van der Waals surface area (Å²) in [6.07, 6.45) is -1.96. The number of alkyl halides is 3. The smallest absolute Gasteiger partial charge is 0.436 e. The summed E-state index contributed by atoms with van der Waals surface area (Å²) in [7, 11) is -3.44. The number of nitrogens with zero attached hydrogens (tertiary/aromatic N) is 2. The fourth-order valence-electron chi connectivity index (χ4n) is 2.88. The standard InChI is InChI=1S/C19H17BrF3N3O4S2/c1-31-10-30-15(27)9-26-17(16(20)18(25-26)19(21,22)23)14-7-6-13(24-14)11-4-3-5-12(8-11)32(2,28)29/h3-8,24H,9-10H2,1-2H3. The Morgan fingerprint density at radius 2 is 1.94 bits per heavy atom. The molecule has 0 aliphatic heterocycles. The Morgan fingerprint density at radius 1 is 1.25 bits per heavy atom. The van der Waals surface area contributed by atoms with E-state index in [0.29, 0.717) is 11.3 Å². The summed E-state index contributed by atoms with van der Waals surface area (Å²) < 4.78 is 69.5. The molecule has 0 aliphatic carbocycles. The number of sulfone groups is 1. The van der Waals surface area contributed by atoms with Crippen LogP contribution in [-0.4, -0.2) is 47.6 Å². The normalized spacial score (nSPS) is 12.2. The number of carbonyl (C=O) groups excluding carboxylic acids is 1. The van der Waals surface area contributed by atoms with Crippen molar-refractivity contribution in [1.29, 1.82) is 0 Å². The van der Waals surface area contributed by atoms with E-state index in [9.17, 15) is 26.4 Å². The van der Waals surface area contributed by atoms with E-state index in [4.69, 9.17) is 4.74 Å². The van der Waals surface area contributed by atoms with Gasteiger partial charge in [-0.25, -0.2) is 8.42 Å². The molecule has 0 amide bonds. The molecule has 0 spiro atoms. The van der Waals surface area contributed by atoms with Crippen LogP contribution in [0.25, 0.3) is 22.6 Å². The molecular formula is C19H17BrF3N3O4S2. The van der Waals surface area contributed by atoms with E-state index in [1.54, 1.807) is 24.5 Å². The molecule has 172 valence electrons. The minimum atomic E-state index is -4.75. The lowest BCUT2D eigenvalue weighted by molar-refractivity contribution is -0.145. The van der Waals surface area contributed by atoms with Crippen molar-refractivity contribution in [3.63, 3.8) is 0 Å². The van der Waals surface area contributed by atoms with E-state index < -0.39 is 34.2 Å². The highest BCUT2D eigenvalue weighted by Crippen LogP contribution is 2.40. The second kappa shape index (κ2) is 9.32. The lowest BCUT2D eigenvalue weighted by Crippen LogP contribution is -2.16.